The average molecular weight is 843 g/mol. The fourth-order valence-corrected chi connectivity index (χ4v) is 9.26. The number of phenolic OH excluding ortho intramolecular Hbond substituents is 2. The van der Waals surface area contributed by atoms with E-state index in [0.29, 0.717) is 21.5 Å². The third kappa shape index (κ3) is 8.17. The lowest BCUT2D eigenvalue weighted by Crippen LogP contribution is -2.42. The first-order chi connectivity index (χ1) is 26.0. The highest BCUT2D eigenvalue weighted by Gasteiger charge is 2.26. The number of carbonyl (C=O) groups is 1. The van der Waals surface area contributed by atoms with Crippen LogP contribution in [0.25, 0.3) is 21.5 Å². The number of sulfonamides is 2. The van der Waals surface area contributed by atoms with Crippen LogP contribution >= 0.6 is 0 Å². The molecule has 0 aliphatic rings. The van der Waals surface area contributed by atoms with Gasteiger partial charge in [0.25, 0.3) is 40.3 Å². The Balaban J connectivity index is 1.17. The standard InChI is InChI=1S/C35H30N4O13S4/c1-19-15-23(36-33-27-9-7-25(55(47,48)49)17-21(27)3-11-29(33)40)5-13-31(19)53(43,44)38-35(42)39-54(45,46)32-14-6-24(16-20(32)2)37-34-28-10-8-26(56(50,51)52)18-22(28)4-12-30(34)41/h3-18,36-37,40-41H,1-2H3,(H2,38,39,42)(H,47,48,49)(H,50,51,52). The van der Waals surface area contributed by atoms with Crippen LogP contribution in [0.4, 0.5) is 27.5 Å². The number of anilines is 4. The molecule has 21 heteroatoms. The third-order valence-corrected chi connectivity index (χ3v) is 13.1. The van der Waals surface area contributed by atoms with Crippen LogP contribution in [0.3, 0.4) is 0 Å². The molecule has 0 radical (unpaired) electrons. The van der Waals surface area contributed by atoms with Crippen LogP contribution in [0.2, 0.25) is 0 Å². The summed E-state index contributed by atoms with van der Waals surface area (Å²) in [6, 6.07) is 18.9. The lowest BCUT2D eigenvalue weighted by Gasteiger charge is -2.16. The first kappa shape index (κ1) is 39.7. The largest absolute Gasteiger partial charge is 0.506 e. The van der Waals surface area contributed by atoms with E-state index in [9.17, 15) is 57.8 Å². The molecule has 0 fully saturated rings. The van der Waals surface area contributed by atoms with Crippen molar-refractivity contribution in [3.8, 4) is 11.5 Å². The van der Waals surface area contributed by atoms with E-state index in [4.69, 9.17) is 0 Å². The highest BCUT2D eigenvalue weighted by atomic mass is 32.2. The fourth-order valence-electron chi connectivity index (χ4n) is 5.90. The molecule has 0 heterocycles. The van der Waals surface area contributed by atoms with Gasteiger partial charge in [0.1, 0.15) is 11.5 Å². The third-order valence-electron chi connectivity index (χ3n) is 8.46. The van der Waals surface area contributed by atoms with E-state index in [1.54, 1.807) is 9.44 Å². The van der Waals surface area contributed by atoms with Gasteiger partial charge in [0.05, 0.1) is 31.0 Å². The average Bonchev–Trinajstić information content (AvgIpc) is 3.08. The van der Waals surface area contributed by atoms with Gasteiger partial charge in [-0.05, 0) is 109 Å². The summed E-state index contributed by atoms with van der Waals surface area (Å²) in [6.45, 7) is 2.81. The van der Waals surface area contributed by atoms with Gasteiger partial charge < -0.3 is 20.8 Å². The molecule has 6 aromatic rings. The number of aryl methyl sites for hydroxylation is 2. The summed E-state index contributed by atoms with van der Waals surface area (Å²) in [5, 5.41) is 28.4. The molecule has 0 aliphatic heterocycles. The van der Waals surface area contributed by atoms with E-state index < -0.39 is 46.3 Å². The molecule has 0 saturated heterocycles. The maximum Gasteiger partial charge on any atom is 0.342 e. The van der Waals surface area contributed by atoms with Crippen LogP contribution in [0, 0.1) is 13.8 Å². The van der Waals surface area contributed by atoms with E-state index in [1.165, 1.54) is 86.6 Å². The van der Waals surface area contributed by atoms with Gasteiger partial charge in [-0.25, -0.2) is 31.1 Å². The van der Waals surface area contributed by atoms with Gasteiger partial charge in [-0.2, -0.15) is 16.8 Å². The van der Waals surface area contributed by atoms with Gasteiger partial charge in [-0.3, -0.25) is 9.11 Å². The number of nitrogens with one attached hydrogen (secondary N) is 4. The number of rotatable bonds is 10. The molecule has 0 unspecified atom stereocenters. The van der Waals surface area contributed by atoms with Crippen molar-refractivity contribution in [3.05, 3.63) is 108 Å². The summed E-state index contributed by atoms with van der Waals surface area (Å²) in [5.74, 6) is -0.453. The van der Waals surface area contributed by atoms with Gasteiger partial charge in [0.2, 0.25) is 0 Å². The molecule has 8 N–H and O–H groups in total. The highest BCUT2D eigenvalue weighted by Crippen LogP contribution is 2.38. The first-order valence-electron chi connectivity index (χ1n) is 15.8. The molecule has 0 aliphatic carbocycles. The van der Waals surface area contributed by atoms with Crippen LogP contribution in [-0.2, 0) is 40.3 Å². The van der Waals surface area contributed by atoms with Crippen LogP contribution in [0.5, 0.6) is 11.5 Å². The molecule has 6 rings (SSSR count). The number of fused-ring (bicyclic) bond motifs is 2. The number of urea groups is 1. The number of amides is 2. The molecule has 6 aromatic carbocycles. The Morgan fingerprint density at radius 3 is 1.21 bits per heavy atom. The molecule has 17 nitrogen and oxygen atoms in total. The molecule has 0 aromatic heterocycles. The van der Waals surface area contributed by atoms with Crippen molar-refractivity contribution in [1.29, 1.82) is 0 Å². The number of benzene rings is 6. The Hall–Kier alpha value is -5.97. The molecule has 0 saturated carbocycles. The summed E-state index contributed by atoms with van der Waals surface area (Å²) in [7, 11) is -18.3. The second-order valence-electron chi connectivity index (χ2n) is 12.4. The summed E-state index contributed by atoms with van der Waals surface area (Å²) in [5.41, 5.74) is 1.08. The monoisotopic (exact) mass is 842 g/mol. The zero-order valence-corrected chi connectivity index (χ0v) is 32.1. The van der Waals surface area contributed by atoms with Crippen LogP contribution in [0.1, 0.15) is 11.1 Å². The molecule has 56 heavy (non-hydrogen) atoms. The fraction of sp³-hybridized carbons (Fsp3) is 0.0571. The summed E-state index contributed by atoms with van der Waals surface area (Å²) in [4.78, 5) is 11.3. The zero-order chi connectivity index (χ0) is 41.0. The Bertz CT molecular complexity index is 2880. The topological polar surface area (TPSA) is 283 Å². The van der Waals surface area contributed by atoms with E-state index in [2.05, 4.69) is 10.6 Å². The second kappa shape index (κ2) is 14.3. The molecular weight excluding hydrogens is 813 g/mol. The van der Waals surface area contributed by atoms with E-state index in [-0.39, 0.29) is 65.0 Å². The normalized spacial score (nSPS) is 12.4. The lowest BCUT2D eigenvalue weighted by atomic mass is 10.1. The molecule has 292 valence electrons. The molecule has 0 bridgehead atoms. The number of hydrogen-bond donors (Lipinski definition) is 8. The lowest BCUT2D eigenvalue weighted by molar-refractivity contribution is 0.250. The van der Waals surface area contributed by atoms with Crippen LogP contribution in [0.15, 0.2) is 117 Å². The smallest absolute Gasteiger partial charge is 0.342 e. The van der Waals surface area contributed by atoms with E-state index >= 15 is 0 Å². The Kier molecular flexibility index (Phi) is 10.1. The van der Waals surface area contributed by atoms with Crippen molar-refractivity contribution in [1.82, 2.24) is 9.44 Å². The minimum absolute atomic E-state index is 0.113. The quantitative estimate of drug-likeness (QED) is 0.0635. The van der Waals surface area contributed by atoms with Gasteiger partial charge >= 0.3 is 6.03 Å². The van der Waals surface area contributed by atoms with E-state index in [1.807, 2.05) is 0 Å². The number of hydrogen-bond acceptors (Lipinski definition) is 13. The van der Waals surface area contributed by atoms with Gasteiger partial charge in [0, 0.05) is 22.1 Å². The van der Waals surface area contributed by atoms with Crippen LogP contribution in [-0.4, -0.2) is 59.0 Å². The van der Waals surface area contributed by atoms with Crippen molar-refractivity contribution < 1.29 is 57.8 Å². The van der Waals surface area contributed by atoms with Crippen molar-refractivity contribution in [3.63, 3.8) is 0 Å². The Labute approximate surface area is 320 Å². The molecule has 2 amide bonds. The Morgan fingerprint density at radius 1 is 0.500 bits per heavy atom. The minimum Gasteiger partial charge on any atom is -0.506 e. The predicted molar refractivity (Wildman–Crippen MR) is 206 cm³/mol. The second-order valence-corrected chi connectivity index (χ2v) is 18.5. The maximum absolute atomic E-state index is 13.2. The van der Waals surface area contributed by atoms with Crippen molar-refractivity contribution in [2.45, 2.75) is 33.4 Å². The van der Waals surface area contributed by atoms with Gasteiger partial charge in [-0.1, -0.05) is 24.3 Å². The van der Waals surface area contributed by atoms with Crippen molar-refractivity contribution in [2.75, 3.05) is 10.6 Å². The predicted octanol–water partition coefficient (Wildman–Crippen LogP) is 5.38. The van der Waals surface area contributed by atoms with Gasteiger partial charge in [0.15, 0.2) is 0 Å². The molecule has 0 atom stereocenters. The Morgan fingerprint density at radius 2 is 0.875 bits per heavy atom. The van der Waals surface area contributed by atoms with Gasteiger partial charge in [-0.15, -0.1) is 0 Å². The number of phenols is 2. The SMILES string of the molecule is Cc1cc(Nc2c(O)ccc3cc(S(=O)(=O)O)ccc23)ccc1S(=O)(=O)NC(=O)NS(=O)(=O)c1ccc(Nc2c(O)ccc3cc(S(=O)(=O)O)ccc23)cc1C. The number of carbonyl (C=O) groups excluding carboxylic acids is 1. The van der Waals surface area contributed by atoms with Crippen molar-refractivity contribution in [2.24, 2.45) is 0 Å². The zero-order valence-electron chi connectivity index (χ0n) is 28.8. The minimum atomic E-state index is -4.65. The highest BCUT2D eigenvalue weighted by molar-refractivity contribution is 7.91. The molecular formula is C35H30N4O13S4. The number of aromatic hydroxyl groups is 2. The van der Waals surface area contributed by atoms with Crippen LogP contribution < -0.4 is 20.1 Å². The summed E-state index contributed by atoms with van der Waals surface area (Å²) >= 11 is 0. The molecule has 0 spiro atoms. The maximum atomic E-state index is 13.2. The summed E-state index contributed by atoms with van der Waals surface area (Å²) < 4.78 is 121. The van der Waals surface area contributed by atoms with Crippen molar-refractivity contribution >= 4 is 90.6 Å². The first-order valence-corrected chi connectivity index (χ1v) is 21.7. The summed E-state index contributed by atoms with van der Waals surface area (Å²) in [6.07, 6.45) is 0. The van der Waals surface area contributed by atoms with E-state index in [0.717, 1.165) is 24.3 Å².